The van der Waals surface area contributed by atoms with E-state index in [0.29, 0.717) is 5.92 Å². The normalized spacial score (nSPS) is 15.9. The van der Waals surface area contributed by atoms with Crippen molar-refractivity contribution < 1.29 is 4.74 Å². The van der Waals surface area contributed by atoms with Crippen molar-refractivity contribution >= 4 is 10.8 Å². The average Bonchev–Trinajstić information content (AvgIpc) is 2.78. The van der Waals surface area contributed by atoms with Crippen molar-refractivity contribution in [3.63, 3.8) is 0 Å². The molecule has 0 spiro atoms. The fourth-order valence-electron chi connectivity index (χ4n) is 4.74. The molecule has 30 heavy (non-hydrogen) atoms. The summed E-state index contributed by atoms with van der Waals surface area (Å²) >= 11 is 0. The molecule has 0 heterocycles. The fourth-order valence-corrected chi connectivity index (χ4v) is 4.74. The van der Waals surface area contributed by atoms with Gasteiger partial charge in [-0.1, -0.05) is 75.6 Å². The van der Waals surface area contributed by atoms with Crippen LogP contribution in [0.1, 0.15) is 80.5 Å². The van der Waals surface area contributed by atoms with Gasteiger partial charge in [0, 0.05) is 0 Å². The van der Waals surface area contributed by atoms with Crippen molar-refractivity contribution in [3.8, 4) is 5.75 Å². The third-order valence-electron chi connectivity index (χ3n) is 6.64. The van der Waals surface area contributed by atoms with Crippen LogP contribution in [-0.4, -0.2) is 6.61 Å². The van der Waals surface area contributed by atoms with Crippen LogP contribution in [0.25, 0.3) is 10.8 Å². The van der Waals surface area contributed by atoms with Gasteiger partial charge < -0.3 is 4.74 Å². The number of hydrogen-bond donors (Lipinski definition) is 0. The lowest BCUT2D eigenvalue weighted by Gasteiger charge is -2.26. The standard InChI is InChI=1S/C29H36O/c1-3-5-7-8-22-9-10-24-19-25(12-11-23(24)18-22)26-13-14-28-21-29(30-17-6-4-2)16-15-27(28)20-26/h9-12,15-16,18-19,21,26H,3-8,13-14,17,20H2,1-2H3. The molecule has 0 radical (unpaired) electrons. The van der Waals surface area contributed by atoms with E-state index in [9.17, 15) is 0 Å². The second-order valence-electron chi connectivity index (χ2n) is 8.97. The first-order valence-electron chi connectivity index (χ1n) is 12.0. The summed E-state index contributed by atoms with van der Waals surface area (Å²) in [6.45, 7) is 5.30. The summed E-state index contributed by atoms with van der Waals surface area (Å²) in [7, 11) is 0. The molecule has 0 amide bonds. The minimum Gasteiger partial charge on any atom is -0.494 e. The van der Waals surface area contributed by atoms with E-state index in [1.165, 1.54) is 71.6 Å². The minimum absolute atomic E-state index is 0.623. The van der Waals surface area contributed by atoms with E-state index in [1.54, 1.807) is 0 Å². The Kier molecular flexibility index (Phi) is 7.10. The summed E-state index contributed by atoms with van der Waals surface area (Å²) < 4.78 is 5.91. The van der Waals surface area contributed by atoms with E-state index in [-0.39, 0.29) is 0 Å². The molecule has 4 rings (SSSR count). The Hall–Kier alpha value is -2.28. The first-order chi connectivity index (χ1) is 14.8. The smallest absolute Gasteiger partial charge is 0.119 e. The first kappa shape index (κ1) is 21.0. The predicted molar refractivity (Wildman–Crippen MR) is 129 cm³/mol. The molecule has 0 saturated carbocycles. The molecular formula is C29H36O. The number of aryl methyl sites for hydroxylation is 2. The lowest BCUT2D eigenvalue weighted by Crippen LogP contribution is -2.13. The van der Waals surface area contributed by atoms with Crippen molar-refractivity contribution in [3.05, 3.63) is 76.9 Å². The molecule has 3 aromatic rings. The van der Waals surface area contributed by atoms with Crippen LogP contribution < -0.4 is 4.74 Å². The van der Waals surface area contributed by atoms with Crippen LogP contribution in [0.5, 0.6) is 5.75 Å². The van der Waals surface area contributed by atoms with Gasteiger partial charge in [-0.25, -0.2) is 0 Å². The molecule has 1 nitrogen and oxygen atoms in total. The highest BCUT2D eigenvalue weighted by Gasteiger charge is 2.21. The van der Waals surface area contributed by atoms with Gasteiger partial charge in [0.1, 0.15) is 5.75 Å². The molecular weight excluding hydrogens is 364 g/mol. The van der Waals surface area contributed by atoms with Gasteiger partial charge in [0.2, 0.25) is 0 Å². The Bertz CT molecular complexity index is 971. The van der Waals surface area contributed by atoms with Crippen LogP contribution in [0.3, 0.4) is 0 Å². The highest BCUT2D eigenvalue weighted by atomic mass is 16.5. The van der Waals surface area contributed by atoms with Crippen molar-refractivity contribution in [2.75, 3.05) is 6.61 Å². The lowest BCUT2D eigenvalue weighted by atomic mass is 9.79. The highest BCUT2D eigenvalue weighted by Crippen LogP contribution is 2.35. The van der Waals surface area contributed by atoms with E-state index in [0.717, 1.165) is 31.6 Å². The van der Waals surface area contributed by atoms with Gasteiger partial charge in [-0.15, -0.1) is 0 Å². The van der Waals surface area contributed by atoms with Gasteiger partial charge in [-0.3, -0.25) is 0 Å². The molecule has 3 aromatic carbocycles. The van der Waals surface area contributed by atoms with Crippen LogP contribution in [0.15, 0.2) is 54.6 Å². The Morgan fingerprint density at radius 3 is 2.50 bits per heavy atom. The topological polar surface area (TPSA) is 9.23 Å². The van der Waals surface area contributed by atoms with Crippen molar-refractivity contribution in [2.45, 2.75) is 77.6 Å². The third-order valence-corrected chi connectivity index (χ3v) is 6.64. The molecule has 1 unspecified atom stereocenters. The maximum absolute atomic E-state index is 5.91. The molecule has 1 aliphatic carbocycles. The zero-order chi connectivity index (χ0) is 20.8. The number of benzene rings is 3. The number of fused-ring (bicyclic) bond motifs is 2. The van der Waals surface area contributed by atoms with Gasteiger partial charge in [-0.2, -0.15) is 0 Å². The number of unbranched alkanes of at least 4 members (excludes halogenated alkanes) is 3. The van der Waals surface area contributed by atoms with Crippen molar-refractivity contribution in [1.29, 1.82) is 0 Å². The second-order valence-corrected chi connectivity index (χ2v) is 8.97. The maximum atomic E-state index is 5.91. The van der Waals surface area contributed by atoms with Crippen molar-refractivity contribution in [2.24, 2.45) is 0 Å². The van der Waals surface area contributed by atoms with Gasteiger partial charge >= 0.3 is 0 Å². The van der Waals surface area contributed by atoms with Crippen LogP contribution in [-0.2, 0) is 19.3 Å². The number of rotatable bonds is 9. The molecule has 1 heteroatoms. The SMILES string of the molecule is CCCCCc1ccc2cc(C3CCc4cc(OCCCC)ccc4C3)ccc2c1. The van der Waals surface area contributed by atoms with E-state index in [1.807, 2.05) is 0 Å². The van der Waals surface area contributed by atoms with Gasteiger partial charge in [0.15, 0.2) is 0 Å². The van der Waals surface area contributed by atoms with E-state index >= 15 is 0 Å². The molecule has 0 bridgehead atoms. The molecule has 158 valence electrons. The largest absolute Gasteiger partial charge is 0.494 e. The summed E-state index contributed by atoms with van der Waals surface area (Å²) in [5.41, 5.74) is 5.96. The fraction of sp³-hybridized carbons (Fsp3) is 0.448. The van der Waals surface area contributed by atoms with Crippen LogP contribution in [0, 0.1) is 0 Å². The monoisotopic (exact) mass is 400 g/mol. The maximum Gasteiger partial charge on any atom is 0.119 e. The molecule has 1 atom stereocenters. The van der Waals surface area contributed by atoms with Gasteiger partial charge in [-0.05, 0) is 89.6 Å². The molecule has 0 N–H and O–H groups in total. The lowest BCUT2D eigenvalue weighted by molar-refractivity contribution is 0.309. The summed E-state index contributed by atoms with van der Waals surface area (Å²) in [4.78, 5) is 0. The van der Waals surface area contributed by atoms with E-state index in [2.05, 4.69) is 68.4 Å². The van der Waals surface area contributed by atoms with Crippen LogP contribution >= 0.6 is 0 Å². The minimum atomic E-state index is 0.623. The Morgan fingerprint density at radius 1 is 0.800 bits per heavy atom. The molecule has 0 saturated heterocycles. The Balaban J connectivity index is 1.45. The molecule has 1 aliphatic rings. The van der Waals surface area contributed by atoms with Crippen molar-refractivity contribution in [1.82, 2.24) is 0 Å². The van der Waals surface area contributed by atoms with E-state index in [4.69, 9.17) is 4.74 Å². The summed E-state index contributed by atoms with van der Waals surface area (Å²) in [5.74, 6) is 1.67. The number of ether oxygens (including phenoxy) is 1. The summed E-state index contributed by atoms with van der Waals surface area (Å²) in [6.07, 6.45) is 10.9. The first-order valence-corrected chi connectivity index (χ1v) is 12.0. The van der Waals surface area contributed by atoms with Gasteiger partial charge in [0.05, 0.1) is 6.61 Å². The Labute approximate surface area is 182 Å². The van der Waals surface area contributed by atoms with Gasteiger partial charge in [0.25, 0.3) is 0 Å². The summed E-state index contributed by atoms with van der Waals surface area (Å²) in [5, 5.41) is 2.77. The third kappa shape index (κ3) is 5.06. The zero-order valence-corrected chi connectivity index (χ0v) is 18.8. The molecule has 0 aliphatic heterocycles. The average molecular weight is 401 g/mol. The zero-order valence-electron chi connectivity index (χ0n) is 18.8. The van der Waals surface area contributed by atoms with Crippen LogP contribution in [0.2, 0.25) is 0 Å². The molecule has 0 aromatic heterocycles. The van der Waals surface area contributed by atoms with Crippen LogP contribution in [0.4, 0.5) is 0 Å². The highest BCUT2D eigenvalue weighted by molar-refractivity contribution is 5.84. The predicted octanol–water partition coefficient (Wildman–Crippen LogP) is 8.02. The second kappa shape index (κ2) is 10.2. The summed E-state index contributed by atoms with van der Waals surface area (Å²) in [6, 6.07) is 20.9. The molecule has 0 fully saturated rings. The van der Waals surface area contributed by atoms with E-state index < -0.39 is 0 Å². The number of hydrogen-bond acceptors (Lipinski definition) is 1. The Morgan fingerprint density at radius 2 is 1.63 bits per heavy atom. The quantitative estimate of drug-likeness (QED) is 0.330.